The SMILES string of the molecule is CC[C@@H](C)NC(=O)[C@@H](C)N(Cc1ccc(Cl)cc1)C(=O)CN(c1ccc(C)cc1)S(=O)(=O)c1ccc(OC)cc1. The lowest BCUT2D eigenvalue weighted by molar-refractivity contribution is -0.139. The molecule has 0 saturated carbocycles. The number of aryl methyl sites for hydroxylation is 1. The van der Waals surface area contributed by atoms with Crippen molar-refractivity contribution in [1.82, 2.24) is 10.2 Å². The summed E-state index contributed by atoms with van der Waals surface area (Å²) in [5.41, 5.74) is 2.02. The van der Waals surface area contributed by atoms with Crippen LogP contribution >= 0.6 is 11.6 Å². The fraction of sp³-hybridized carbons (Fsp3) is 0.333. The van der Waals surface area contributed by atoms with Crippen molar-refractivity contribution in [2.45, 2.75) is 57.6 Å². The van der Waals surface area contributed by atoms with E-state index < -0.39 is 28.5 Å². The van der Waals surface area contributed by atoms with E-state index in [0.717, 1.165) is 21.9 Å². The van der Waals surface area contributed by atoms with Crippen molar-refractivity contribution in [2.24, 2.45) is 0 Å². The van der Waals surface area contributed by atoms with Gasteiger partial charge in [0.15, 0.2) is 0 Å². The summed E-state index contributed by atoms with van der Waals surface area (Å²) in [7, 11) is -2.66. The summed E-state index contributed by atoms with van der Waals surface area (Å²) in [5.74, 6) is -0.344. The molecule has 3 aromatic rings. The van der Waals surface area contributed by atoms with Crippen molar-refractivity contribution in [1.29, 1.82) is 0 Å². The van der Waals surface area contributed by atoms with Crippen LogP contribution in [-0.4, -0.2) is 50.9 Å². The monoisotopic (exact) mass is 585 g/mol. The van der Waals surface area contributed by atoms with Gasteiger partial charge >= 0.3 is 0 Å². The minimum atomic E-state index is -4.16. The van der Waals surface area contributed by atoms with Crippen LogP contribution in [0, 0.1) is 6.92 Å². The van der Waals surface area contributed by atoms with Crippen LogP contribution in [0.1, 0.15) is 38.3 Å². The van der Waals surface area contributed by atoms with E-state index in [1.54, 1.807) is 67.6 Å². The van der Waals surface area contributed by atoms with E-state index in [-0.39, 0.29) is 23.4 Å². The van der Waals surface area contributed by atoms with Gasteiger partial charge in [0, 0.05) is 17.6 Å². The summed E-state index contributed by atoms with van der Waals surface area (Å²) in [4.78, 5) is 28.4. The second-order valence-corrected chi connectivity index (χ2v) is 12.0. The molecule has 214 valence electrons. The van der Waals surface area contributed by atoms with Gasteiger partial charge in [-0.25, -0.2) is 8.42 Å². The van der Waals surface area contributed by atoms with Gasteiger partial charge in [-0.1, -0.05) is 48.4 Å². The van der Waals surface area contributed by atoms with Crippen molar-refractivity contribution in [3.05, 3.63) is 88.9 Å². The maximum absolute atomic E-state index is 13.9. The van der Waals surface area contributed by atoms with E-state index in [1.807, 2.05) is 20.8 Å². The minimum absolute atomic E-state index is 0.00786. The van der Waals surface area contributed by atoms with Crippen LogP contribution in [0.5, 0.6) is 5.75 Å². The molecule has 1 N–H and O–H groups in total. The normalized spacial score (nSPS) is 12.8. The molecule has 0 spiro atoms. The Balaban J connectivity index is 2.01. The van der Waals surface area contributed by atoms with Crippen LogP contribution in [0.25, 0.3) is 0 Å². The molecule has 3 aromatic carbocycles. The molecule has 0 saturated heterocycles. The highest BCUT2D eigenvalue weighted by Gasteiger charge is 2.32. The molecule has 0 heterocycles. The van der Waals surface area contributed by atoms with Crippen LogP contribution in [0.2, 0.25) is 5.02 Å². The fourth-order valence-corrected chi connectivity index (χ4v) is 5.49. The van der Waals surface area contributed by atoms with Gasteiger partial charge in [0.1, 0.15) is 18.3 Å². The zero-order valence-corrected chi connectivity index (χ0v) is 25.0. The van der Waals surface area contributed by atoms with Gasteiger partial charge in [-0.05, 0) is 81.3 Å². The van der Waals surface area contributed by atoms with Crippen LogP contribution in [0.3, 0.4) is 0 Å². The zero-order chi connectivity index (χ0) is 29.4. The molecule has 2 atom stereocenters. The number of benzene rings is 3. The number of carbonyl (C=O) groups excluding carboxylic acids is 2. The van der Waals surface area contributed by atoms with E-state index in [0.29, 0.717) is 16.5 Å². The molecule has 8 nitrogen and oxygen atoms in total. The number of methoxy groups -OCH3 is 1. The van der Waals surface area contributed by atoms with Crippen molar-refractivity contribution < 1.29 is 22.7 Å². The third kappa shape index (κ3) is 7.76. The van der Waals surface area contributed by atoms with Gasteiger partial charge in [-0.15, -0.1) is 0 Å². The molecule has 0 unspecified atom stereocenters. The summed E-state index contributed by atoms with van der Waals surface area (Å²) in [6.07, 6.45) is 0.727. The molecule has 0 aliphatic rings. The average Bonchev–Trinajstić information content (AvgIpc) is 2.95. The number of amides is 2. The van der Waals surface area contributed by atoms with E-state index in [9.17, 15) is 18.0 Å². The largest absolute Gasteiger partial charge is 0.497 e. The Hall–Kier alpha value is -3.56. The van der Waals surface area contributed by atoms with Crippen molar-refractivity contribution in [3.8, 4) is 5.75 Å². The van der Waals surface area contributed by atoms with Gasteiger partial charge in [-0.2, -0.15) is 0 Å². The minimum Gasteiger partial charge on any atom is -0.497 e. The smallest absolute Gasteiger partial charge is 0.264 e. The molecule has 0 bridgehead atoms. The van der Waals surface area contributed by atoms with Gasteiger partial charge in [0.2, 0.25) is 11.8 Å². The van der Waals surface area contributed by atoms with Crippen molar-refractivity contribution in [3.63, 3.8) is 0 Å². The highest BCUT2D eigenvalue weighted by Crippen LogP contribution is 2.26. The number of sulfonamides is 1. The molecular formula is C30H36ClN3O5S. The number of hydrogen-bond acceptors (Lipinski definition) is 5. The molecule has 3 rings (SSSR count). The predicted octanol–water partition coefficient (Wildman–Crippen LogP) is 5.18. The lowest BCUT2D eigenvalue weighted by Gasteiger charge is -2.32. The molecule has 0 aliphatic heterocycles. The first kappa shape index (κ1) is 31.0. The second-order valence-electron chi connectivity index (χ2n) is 9.66. The standard InChI is InChI=1S/C30H36ClN3O5S/c1-6-22(3)32-30(36)23(4)33(19-24-9-11-25(31)12-10-24)29(35)20-34(26-13-7-21(2)8-14-26)40(37,38)28-17-15-27(39-5)16-18-28/h7-18,22-23H,6,19-20H2,1-5H3,(H,32,36)/t22-,23-/m1/s1. The number of ether oxygens (including phenoxy) is 1. The second kappa shape index (κ2) is 13.7. The quantitative estimate of drug-likeness (QED) is 0.316. The average molecular weight is 586 g/mol. The summed E-state index contributed by atoms with van der Waals surface area (Å²) < 4.78 is 34.0. The number of anilines is 1. The Kier molecular flexibility index (Phi) is 10.6. The number of rotatable bonds is 12. The Morgan fingerprint density at radius 3 is 2.10 bits per heavy atom. The molecular weight excluding hydrogens is 550 g/mol. The predicted molar refractivity (Wildman–Crippen MR) is 158 cm³/mol. The summed E-state index contributed by atoms with van der Waals surface area (Å²) in [5, 5.41) is 3.46. The number of halogens is 1. The zero-order valence-electron chi connectivity index (χ0n) is 23.4. The summed E-state index contributed by atoms with van der Waals surface area (Å²) >= 11 is 6.05. The molecule has 40 heavy (non-hydrogen) atoms. The molecule has 0 aliphatic carbocycles. The summed E-state index contributed by atoms with van der Waals surface area (Å²) in [6.45, 7) is 6.95. The van der Waals surface area contributed by atoms with E-state index in [1.165, 1.54) is 24.1 Å². The highest BCUT2D eigenvalue weighted by atomic mass is 35.5. The van der Waals surface area contributed by atoms with Crippen molar-refractivity contribution >= 4 is 39.1 Å². The number of nitrogens with zero attached hydrogens (tertiary/aromatic N) is 2. The molecule has 0 radical (unpaired) electrons. The Morgan fingerprint density at radius 1 is 0.950 bits per heavy atom. The van der Waals surface area contributed by atoms with Crippen LogP contribution < -0.4 is 14.4 Å². The van der Waals surface area contributed by atoms with Gasteiger partial charge < -0.3 is 15.0 Å². The van der Waals surface area contributed by atoms with Crippen molar-refractivity contribution in [2.75, 3.05) is 18.0 Å². The number of nitrogens with one attached hydrogen (secondary N) is 1. The third-order valence-corrected chi connectivity index (χ3v) is 8.72. The third-order valence-electron chi connectivity index (χ3n) is 6.68. The van der Waals surface area contributed by atoms with E-state index in [2.05, 4.69) is 5.32 Å². The number of carbonyl (C=O) groups is 2. The van der Waals surface area contributed by atoms with Gasteiger partial charge in [0.25, 0.3) is 10.0 Å². The molecule has 0 aromatic heterocycles. The van der Waals surface area contributed by atoms with Gasteiger partial charge in [-0.3, -0.25) is 13.9 Å². The number of hydrogen-bond donors (Lipinski definition) is 1. The van der Waals surface area contributed by atoms with Crippen LogP contribution in [0.4, 0.5) is 5.69 Å². The first-order chi connectivity index (χ1) is 19.0. The van der Waals surface area contributed by atoms with Gasteiger partial charge in [0.05, 0.1) is 17.7 Å². The Morgan fingerprint density at radius 2 is 1.55 bits per heavy atom. The first-order valence-corrected chi connectivity index (χ1v) is 14.9. The maximum atomic E-state index is 13.9. The molecule has 2 amide bonds. The lowest BCUT2D eigenvalue weighted by Crippen LogP contribution is -2.52. The summed E-state index contributed by atoms with van der Waals surface area (Å²) in [6, 6.07) is 18.9. The van der Waals surface area contributed by atoms with Crippen LogP contribution in [-0.2, 0) is 26.2 Å². The maximum Gasteiger partial charge on any atom is 0.264 e. The Bertz CT molecular complexity index is 1390. The molecule has 0 fully saturated rings. The lowest BCUT2D eigenvalue weighted by atomic mass is 10.1. The fourth-order valence-electron chi connectivity index (χ4n) is 3.95. The highest BCUT2D eigenvalue weighted by molar-refractivity contribution is 7.92. The van der Waals surface area contributed by atoms with Crippen LogP contribution in [0.15, 0.2) is 77.7 Å². The topological polar surface area (TPSA) is 96.0 Å². The molecule has 10 heteroatoms. The first-order valence-electron chi connectivity index (χ1n) is 13.0. The Labute approximate surface area is 241 Å². The van der Waals surface area contributed by atoms with E-state index >= 15 is 0 Å². The van der Waals surface area contributed by atoms with E-state index in [4.69, 9.17) is 16.3 Å².